The fraction of sp³-hybridized carbons (Fsp3) is 0.429. The van der Waals surface area contributed by atoms with Crippen molar-refractivity contribution in [2.75, 3.05) is 0 Å². The van der Waals surface area contributed by atoms with Gasteiger partial charge in [0, 0.05) is 0 Å². The molecule has 0 aromatic rings. The van der Waals surface area contributed by atoms with E-state index < -0.39 is 11.8 Å². The van der Waals surface area contributed by atoms with Gasteiger partial charge in [0.05, 0.1) is 6.10 Å². The molecule has 0 atom stereocenters. The summed E-state index contributed by atoms with van der Waals surface area (Å²) in [6, 6.07) is 0. The monoisotopic (exact) mass is 142 g/mol. The zero-order chi connectivity index (χ0) is 8.15. The van der Waals surface area contributed by atoms with Crippen molar-refractivity contribution in [3.05, 3.63) is 12.7 Å². The predicted octanol–water partition coefficient (Wildman–Crippen LogP) is 0.693. The lowest BCUT2D eigenvalue weighted by atomic mass is 10.4. The summed E-state index contributed by atoms with van der Waals surface area (Å²) in [4.78, 5) is 21.0. The van der Waals surface area contributed by atoms with E-state index >= 15 is 0 Å². The summed E-state index contributed by atoms with van der Waals surface area (Å²) in [6.07, 6.45) is 0.682. The van der Waals surface area contributed by atoms with Crippen molar-refractivity contribution < 1.29 is 14.3 Å². The summed E-state index contributed by atoms with van der Waals surface area (Å²) in [5, 5.41) is 0. The Labute approximate surface area is 59.7 Å². The Hall–Kier alpha value is -1.12. The quantitative estimate of drug-likeness (QED) is 0.331. The van der Waals surface area contributed by atoms with Crippen LogP contribution in [0.25, 0.3) is 0 Å². The summed E-state index contributed by atoms with van der Waals surface area (Å²) < 4.78 is 4.54. The second kappa shape index (κ2) is 3.82. The number of rotatable bonds is 3. The third-order valence-corrected chi connectivity index (χ3v) is 0.729. The molecule has 0 aliphatic rings. The molecule has 0 unspecified atom stereocenters. The van der Waals surface area contributed by atoms with Crippen LogP contribution < -0.4 is 0 Å². The van der Waals surface area contributed by atoms with Crippen LogP contribution in [0.4, 0.5) is 0 Å². The molecule has 3 nitrogen and oxygen atoms in total. The SMILES string of the molecule is C=CC(=O)C(=O)OC(C)C. The van der Waals surface area contributed by atoms with Crippen molar-refractivity contribution in [2.24, 2.45) is 0 Å². The van der Waals surface area contributed by atoms with E-state index in [-0.39, 0.29) is 6.10 Å². The zero-order valence-electron chi connectivity index (χ0n) is 6.09. The van der Waals surface area contributed by atoms with E-state index in [4.69, 9.17) is 0 Å². The lowest BCUT2D eigenvalue weighted by molar-refractivity contribution is -0.154. The number of carbonyl (C=O) groups is 2. The molecule has 0 saturated carbocycles. The maximum absolute atomic E-state index is 10.5. The van der Waals surface area contributed by atoms with E-state index in [1.165, 1.54) is 0 Å². The highest BCUT2D eigenvalue weighted by molar-refractivity contribution is 6.38. The summed E-state index contributed by atoms with van der Waals surface area (Å²) in [5.41, 5.74) is 0. The van der Waals surface area contributed by atoms with Crippen LogP contribution in [-0.4, -0.2) is 17.9 Å². The molecule has 0 amide bonds. The molecular formula is C7H10O3. The van der Waals surface area contributed by atoms with Crippen molar-refractivity contribution in [3.8, 4) is 0 Å². The summed E-state index contributed by atoms with van der Waals surface area (Å²) >= 11 is 0. The summed E-state index contributed by atoms with van der Waals surface area (Å²) in [6.45, 7) is 6.49. The number of ether oxygens (including phenoxy) is 1. The van der Waals surface area contributed by atoms with Crippen molar-refractivity contribution in [3.63, 3.8) is 0 Å². The topological polar surface area (TPSA) is 43.4 Å². The minimum Gasteiger partial charge on any atom is -0.457 e. The van der Waals surface area contributed by atoms with Gasteiger partial charge in [0.25, 0.3) is 5.78 Å². The molecular weight excluding hydrogens is 132 g/mol. The first kappa shape index (κ1) is 8.88. The second-order valence-electron chi connectivity index (χ2n) is 2.02. The molecule has 0 aliphatic carbocycles. The van der Waals surface area contributed by atoms with E-state index in [1.807, 2.05) is 0 Å². The minimum absolute atomic E-state index is 0.253. The lowest BCUT2D eigenvalue weighted by Crippen LogP contribution is -2.18. The van der Waals surface area contributed by atoms with E-state index in [1.54, 1.807) is 13.8 Å². The maximum atomic E-state index is 10.5. The van der Waals surface area contributed by atoms with Crippen LogP contribution in [0.15, 0.2) is 12.7 Å². The van der Waals surface area contributed by atoms with Crippen LogP contribution in [0.5, 0.6) is 0 Å². The number of hydrogen-bond donors (Lipinski definition) is 0. The van der Waals surface area contributed by atoms with Gasteiger partial charge in [-0.3, -0.25) is 4.79 Å². The first-order valence-electron chi connectivity index (χ1n) is 2.95. The Balaban J connectivity index is 3.85. The normalized spacial score (nSPS) is 9.10. The Morgan fingerprint density at radius 1 is 1.50 bits per heavy atom. The molecule has 0 aromatic carbocycles. The van der Waals surface area contributed by atoms with Gasteiger partial charge in [0.2, 0.25) is 0 Å². The molecule has 0 saturated heterocycles. The van der Waals surface area contributed by atoms with E-state index in [0.29, 0.717) is 0 Å². The Kier molecular flexibility index (Phi) is 3.39. The number of ketones is 1. The lowest BCUT2D eigenvalue weighted by Gasteiger charge is -2.03. The molecule has 0 N–H and O–H groups in total. The number of hydrogen-bond acceptors (Lipinski definition) is 3. The minimum atomic E-state index is -0.843. The Bertz CT molecular complexity index is 158. The van der Waals surface area contributed by atoms with Gasteiger partial charge in [-0.2, -0.15) is 0 Å². The molecule has 0 heterocycles. The van der Waals surface area contributed by atoms with Gasteiger partial charge >= 0.3 is 5.97 Å². The van der Waals surface area contributed by atoms with E-state index in [9.17, 15) is 9.59 Å². The van der Waals surface area contributed by atoms with Crippen LogP contribution >= 0.6 is 0 Å². The van der Waals surface area contributed by atoms with Crippen LogP contribution in [0.2, 0.25) is 0 Å². The molecule has 0 aliphatic heterocycles. The van der Waals surface area contributed by atoms with Crippen molar-refractivity contribution in [2.45, 2.75) is 20.0 Å². The van der Waals surface area contributed by atoms with Gasteiger partial charge in [-0.25, -0.2) is 4.79 Å². The summed E-state index contributed by atoms with van der Waals surface area (Å²) in [5.74, 6) is -1.54. The van der Waals surface area contributed by atoms with Crippen molar-refractivity contribution in [1.82, 2.24) is 0 Å². The van der Waals surface area contributed by atoms with E-state index in [2.05, 4.69) is 11.3 Å². The molecule has 10 heavy (non-hydrogen) atoms. The summed E-state index contributed by atoms with van der Waals surface area (Å²) in [7, 11) is 0. The van der Waals surface area contributed by atoms with Gasteiger partial charge in [-0.15, -0.1) is 0 Å². The largest absolute Gasteiger partial charge is 0.457 e. The number of esters is 1. The number of carbonyl (C=O) groups excluding carboxylic acids is 2. The molecule has 0 radical (unpaired) electrons. The van der Waals surface area contributed by atoms with Gasteiger partial charge in [0.15, 0.2) is 0 Å². The Morgan fingerprint density at radius 2 is 2.00 bits per heavy atom. The highest BCUT2D eigenvalue weighted by Gasteiger charge is 2.11. The average molecular weight is 142 g/mol. The highest BCUT2D eigenvalue weighted by atomic mass is 16.5. The molecule has 0 fully saturated rings. The molecule has 3 heteroatoms. The zero-order valence-corrected chi connectivity index (χ0v) is 6.09. The molecule has 56 valence electrons. The first-order chi connectivity index (χ1) is 4.57. The average Bonchev–Trinajstić information content (AvgIpc) is 1.85. The first-order valence-corrected chi connectivity index (χ1v) is 2.95. The van der Waals surface area contributed by atoms with Gasteiger partial charge < -0.3 is 4.74 Å². The standard InChI is InChI=1S/C7H10O3/c1-4-6(8)7(9)10-5(2)3/h4-5H,1H2,2-3H3. The predicted molar refractivity (Wildman–Crippen MR) is 36.4 cm³/mol. The van der Waals surface area contributed by atoms with Crippen LogP contribution in [0, 0.1) is 0 Å². The third kappa shape index (κ3) is 3.02. The Morgan fingerprint density at radius 3 is 2.30 bits per heavy atom. The molecule has 0 rings (SSSR count). The molecule has 0 spiro atoms. The maximum Gasteiger partial charge on any atom is 0.379 e. The van der Waals surface area contributed by atoms with Crippen LogP contribution in [0.3, 0.4) is 0 Å². The third-order valence-electron chi connectivity index (χ3n) is 0.729. The van der Waals surface area contributed by atoms with Gasteiger partial charge in [0.1, 0.15) is 0 Å². The van der Waals surface area contributed by atoms with Crippen LogP contribution in [0.1, 0.15) is 13.8 Å². The van der Waals surface area contributed by atoms with Gasteiger partial charge in [-0.1, -0.05) is 6.58 Å². The highest BCUT2D eigenvalue weighted by Crippen LogP contribution is 1.89. The van der Waals surface area contributed by atoms with E-state index in [0.717, 1.165) is 6.08 Å². The van der Waals surface area contributed by atoms with Crippen molar-refractivity contribution in [1.29, 1.82) is 0 Å². The molecule has 0 bridgehead atoms. The van der Waals surface area contributed by atoms with Crippen molar-refractivity contribution >= 4 is 11.8 Å². The fourth-order valence-corrected chi connectivity index (χ4v) is 0.355. The molecule has 0 aromatic heterocycles. The fourth-order valence-electron chi connectivity index (χ4n) is 0.355. The second-order valence-corrected chi connectivity index (χ2v) is 2.02. The van der Waals surface area contributed by atoms with Crippen LogP contribution in [-0.2, 0) is 14.3 Å². The van der Waals surface area contributed by atoms with Gasteiger partial charge in [-0.05, 0) is 19.9 Å². The smallest absolute Gasteiger partial charge is 0.379 e.